The Balaban J connectivity index is 1.33. The van der Waals surface area contributed by atoms with Gasteiger partial charge in [0.25, 0.3) is 0 Å². The van der Waals surface area contributed by atoms with E-state index in [1.807, 2.05) is 0 Å². The summed E-state index contributed by atoms with van der Waals surface area (Å²) in [6, 6.07) is 0. The molecule has 1 aliphatic heterocycles. The van der Waals surface area contributed by atoms with Gasteiger partial charge in [-0.15, -0.1) is 0 Å². The van der Waals surface area contributed by atoms with E-state index in [1.165, 1.54) is 31.3 Å². The molecule has 0 radical (unpaired) electrons. The maximum atomic E-state index is 12.2. The summed E-state index contributed by atoms with van der Waals surface area (Å²) in [5.41, 5.74) is 1.85. The SMILES string of the molecule is C[C@]12CCC(=O)C=C1C1CC1[C@@H]1[C@@H]2CC[C@@]2(C)[C@H]1C1CC1[C@@]21CCC(=O)O1. The Labute approximate surface area is 161 Å². The molecular formula is C24H30O3. The Kier molecular flexibility index (Phi) is 2.56. The molecule has 0 aromatic rings. The number of carbonyl (C=O) groups excluding carboxylic acids is 2. The van der Waals surface area contributed by atoms with Crippen molar-refractivity contribution < 1.29 is 14.3 Å². The molecule has 0 aromatic carbocycles. The molecule has 144 valence electrons. The Morgan fingerprint density at radius 2 is 1.85 bits per heavy atom. The first-order valence-corrected chi connectivity index (χ1v) is 11.4. The fraction of sp³-hybridized carbons (Fsp3) is 0.833. The molecule has 0 amide bonds. The minimum absolute atomic E-state index is 0.0561. The molecule has 1 heterocycles. The highest BCUT2D eigenvalue weighted by atomic mass is 16.6. The standard InChI is InChI=1S/C24H30O3/c1-22-6-3-12(25)9-17(22)13-10-14(13)20-16(22)4-7-23(2)21(20)15-11-18(15)24(23)8-5-19(26)27-24/h9,13-16,18,20-21H,3-8,10-11H2,1-2H3/t13?,14?,15?,16-,18?,20+,21-,22+,23-,24-/m0/s1. The average molecular weight is 367 g/mol. The van der Waals surface area contributed by atoms with Gasteiger partial charge in [-0.3, -0.25) is 9.59 Å². The average Bonchev–Trinajstić information content (AvgIpc) is 3.53. The monoisotopic (exact) mass is 366 g/mol. The second kappa shape index (κ2) is 4.39. The van der Waals surface area contributed by atoms with Gasteiger partial charge in [-0.2, -0.15) is 0 Å². The second-order valence-electron chi connectivity index (χ2n) is 11.5. The number of ether oxygens (including phenoxy) is 1. The van der Waals surface area contributed by atoms with E-state index in [-0.39, 0.29) is 22.4 Å². The first-order chi connectivity index (χ1) is 12.9. The molecular weight excluding hydrogens is 336 g/mol. The van der Waals surface area contributed by atoms with Crippen molar-refractivity contribution in [3.63, 3.8) is 0 Å². The molecule has 1 saturated heterocycles. The molecule has 7 aliphatic rings. The van der Waals surface area contributed by atoms with E-state index >= 15 is 0 Å². The maximum Gasteiger partial charge on any atom is 0.306 e. The highest BCUT2D eigenvalue weighted by Gasteiger charge is 2.81. The van der Waals surface area contributed by atoms with Gasteiger partial charge < -0.3 is 4.74 Å². The Morgan fingerprint density at radius 3 is 2.63 bits per heavy atom. The minimum atomic E-state index is -0.131. The van der Waals surface area contributed by atoms with Crippen LogP contribution in [0.3, 0.4) is 0 Å². The van der Waals surface area contributed by atoms with Gasteiger partial charge in [-0.05, 0) is 85.5 Å². The van der Waals surface area contributed by atoms with E-state index in [1.54, 1.807) is 0 Å². The van der Waals surface area contributed by atoms with Gasteiger partial charge in [-0.25, -0.2) is 0 Å². The van der Waals surface area contributed by atoms with Crippen molar-refractivity contribution in [2.75, 3.05) is 0 Å². The van der Waals surface area contributed by atoms with Crippen LogP contribution in [0.2, 0.25) is 0 Å². The number of allylic oxidation sites excluding steroid dienone is 1. The van der Waals surface area contributed by atoms with Gasteiger partial charge in [0.05, 0.1) is 0 Å². The van der Waals surface area contributed by atoms with Crippen LogP contribution in [0.5, 0.6) is 0 Å². The Morgan fingerprint density at radius 1 is 1.00 bits per heavy atom. The fourth-order valence-electron chi connectivity index (χ4n) is 9.74. The summed E-state index contributed by atoms with van der Waals surface area (Å²) >= 11 is 0. The summed E-state index contributed by atoms with van der Waals surface area (Å²) in [5, 5.41) is 0. The summed E-state index contributed by atoms with van der Waals surface area (Å²) in [5.74, 6) is 5.65. The zero-order valence-corrected chi connectivity index (χ0v) is 16.5. The van der Waals surface area contributed by atoms with Crippen LogP contribution >= 0.6 is 0 Å². The van der Waals surface area contributed by atoms with Crippen LogP contribution in [0, 0.1) is 52.3 Å². The van der Waals surface area contributed by atoms with Gasteiger partial charge in [0.2, 0.25) is 0 Å². The van der Waals surface area contributed by atoms with E-state index in [0.717, 1.165) is 48.9 Å². The summed E-state index contributed by atoms with van der Waals surface area (Å²) < 4.78 is 6.22. The Bertz CT molecular complexity index is 827. The molecule has 7 rings (SSSR count). The van der Waals surface area contributed by atoms with Crippen LogP contribution in [-0.4, -0.2) is 17.4 Å². The van der Waals surface area contributed by atoms with Crippen LogP contribution in [-0.2, 0) is 14.3 Å². The highest BCUT2D eigenvalue weighted by molar-refractivity contribution is 5.92. The van der Waals surface area contributed by atoms with Crippen molar-refractivity contribution in [1.29, 1.82) is 0 Å². The van der Waals surface area contributed by atoms with E-state index in [2.05, 4.69) is 19.9 Å². The van der Waals surface area contributed by atoms with Crippen LogP contribution < -0.4 is 0 Å². The lowest BCUT2D eigenvalue weighted by atomic mass is 9.45. The third kappa shape index (κ3) is 1.58. The van der Waals surface area contributed by atoms with Gasteiger partial charge in [0.1, 0.15) is 5.60 Å². The molecule has 6 aliphatic carbocycles. The quantitative estimate of drug-likeness (QED) is 0.600. The minimum Gasteiger partial charge on any atom is -0.458 e. The number of esters is 1. The van der Waals surface area contributed by atoms with Crippen molar-refractivity contribution in [3.8, 4) is 0 Å². The highest BCUT2D eigenvalue weighted by Crippen LogP contribution is 2.82. The number of hydrogen-bond acceptors (Lipinski definition) is 3. The van der Waals surface area contributed by atoms with E-state index in [4.69, 9.17) is 4.74 Å². The molecule has 3 nitrogen and oxygen atoms in total. The van der Waals surface area contributed by atoms with E-state index in [9.17, 15) is 9.59 Å². The van der Waals surface area contributed by atoms with Crippen LogP contribution in [0.1, 0.15) is 65.2 Å². The van der Waals surface area contributed by atoms with Gasteiger partial charge >= 0.3 is 5.97 Å². The first kappa shape index (κ1) is 15.8. The first-order valence-electron chi connectivity index (χ1n) is 11.4. The molecule has 5 saturated carbocycles. The molecule has 10 atom stereocenters. The number of hydrogen-bond donors (Lipinski definition) is 0. The number of ketones is 1. The molecule has 4 unspecified atom stereocenters. The van der Waals surface area contributed by atoms with Crippen LogP contribution in [0.25, 0.3) is 0 Å². The lowest BCUT2D eigenvalue weighted by Crippen LogP contribution is -2.57. The molecule has 1 spiro atoms. The number of fused-ring (bicyclic) bond motifs is 12. The predicted octanol–water partition coefficient (Wildman–Crippen LogP) is 4.31. The zero-order valence-electron chi connectivity index (χ0n) is 16.5. The van der Waals surface area contributed by atoms with Gasteiger partial charge in [0.15, 0.2) is 5.78 Å². The zero-order chi connectivity index (χ0) is 18.3. The molecule has 0 bridgehead atoms. The van der Waals surface area contributed by atoms with Gasteiger partial charge in [-0.1, -0.05) is 19.4 Å². The summed E-state index contributed by atoms with van der Waals surface area (Å²) in [6.45, 7) is 4.99. The fourth-order valence-corrected chi connectivity index (χ4v) is 9.74. The smallest absolute Gasteiger partial charge is 0.306 e. The summed E-state index contributed by atoms with van der Waals surface area (Å²) in [7, 11) is 0. The number of carbonyl (C=O) groups is 2. The van der Waals surface area contributed by atoms with Crippen LogP contribution in [0.15, 0.2) is 11.6 Å². The van der Waals surface area contributed by atoms with Crippen molar-refractivity contribution in [2.45, 2.75) is 70.8 Å². The number of rotatable bonds is 0. The van der Waals surface area contributed by atoms with Crippen molar-refractivity contribution in [3.05, 3.63) is 11.6 Å². The maximum absolute atomic E-state index is 12.2. The van der Waals surface area contributed by atoms with Gasteiger partial charge in [0, 0.05) is 24.2 Å². The molecule has 3 heteroatoms. The molecule has 0 N–H and O–H groups in total. The van der Waals surface area contributed by atoms with Crippen LogP contribution in [0.4, 0.5) is 0 Å². The molecule has 0 aromatic heterocycles. The lowest BCUT2D eigenvalue weighted by molar-refractivity contribution is -0.177. The second-order valence-corrected chi connectivity index (χ2v) is 11.5. The normalized spacial score (nSPS) is 62.0. The molecule has 27 heavy (non-hydrogen) atoms. The van der Waals surface area contributed by atoms with E-state index in [0.29, 0.717) is 24.0 Å². The predicted molar refractivity (Wildman–Crippen MR) is 99.5 cm³/mol. The van der Waals surface area contributed by atoms with Crippen molar-refractivity contribution in [1.82, 2.24) is 0 Å². The molecule has 6 fully saturated rings. The summed E-state index contributed by atoms with van der Waals surface area (Å²) in [6.07, 6.45) is 10.6. The van der Waals surface area contributed by atoms with Crippen molar-refractivity contribution in [2.24, 2.45) is 52.3 Å². The van der Waals surface area contributed by atoms with Crippen molar-refractivity contribution >= 4 is 11.8 Å². The Hall–Kier alpha value is -1.12. The third-order valence-corrected chi connectivity index (χ3v) is 10.9. The summed E-state index contributed by atoms with van der Waals surface area (Å²) in [4.78, 5) is 24.3. The lowest BCUT2D eigenvalue weighted by Gasteiger charge is -2.60. The third-order valence-electron chi connectivity index (χ3n) is 10.9. The topological polar surface area (TPSA) is 43.4 Å². The largest absolute Gasteiger partial charge is 0.458 e. The van der Waals surface area contributed by atoms with E-state index < -0.39 is 0 Å².